The summed E-state index contributed by atoms with van der Waals surface area (Å²) in [6.07, 6.45) is 11.6. The standard InChI is InChI=1S/C48H38N2/c1-4-14-32(15-5-1)36-29-44(33-16-6-2-7-17-33)49-45(30-36)48-42-22-11-10-20-38(42)39-26-24-34(28-43(39)48)35-25-27-41-40-21-12-13-23-46(40)50(47(41)31-35)37-18-8-3-9-19-37/h2-4,6-28,31,36,44,48H,1,5,29-30H2. The van der Waals surface area contributed by atoms with Crippen molar-refractivity contribution in [3.05, 3.63) is 186 Å². The molecule has 1 aliphatic heterocycles. The molecule has 3 aliphatic rings. The quantitative estimate of drug-likeness (QED) is 0.178. The topological polar surface area (TPSA) is 17.3 Å². The third-order valence-corrected chi connectivity index (χ3v) is 11.2. The van der Waals surface area contributed by atoms with Gasteiger partial charge in [-0.05, 0) is 106 Å². The van der Waals surface area contributed by atoms with Gasteiger partial charge in [-0.1, -0.05) is 133 Å². The summed E-state index contributed by atoms with van der Waals surface area (Å²) >= 11 is 0. The molecule has 1 aromatic heterocycles. The zero-order chi connectivity index (χ0) is 33.0. The van der Waals surface area contributed by atoms with E-state index in [1.54, 1.807) is 0 Å². The van der Waals surface area contributed by atoms with Crippen molar-refractivity contribution in [2.75, 3.05) is 0 Å². The van der Waals surface area contributed by atoms with Crippen LogP contribution in [0, 0.1) is 5.92 Å². The van der Waals surface area contributed by atoms with Gasteiger partial charge in [0, 0.05) is 28.1 Å². The van der Waals surface area contributed by atoms with Crippen molar-refractivity contribution in [3.63, 3.8) is 0 Å². The van der Waals surface area contributed by atoms with Crippen LogP contribution in [-0.4, -0.2) is 10.3 Å². The Hall–Kier alpha value is -5.73. The average molecular weight is 643 g/mol. The van der Waals surface area contributed by atoms with Gasteiger partial charge in [-0.15, -0.1) is 0 Å². The fourth-order valence-corrected chi connectivity index (χ4v) is 8.93. The minimum atomic E-state index is 0.142. The first kappa shape index (κ1) is 29.2. The second-order valence-corrected chi connectivity index (χ2v) is 14.1. The lowest BCUT2D eigenvalue weighted by Gasteiger charge is -2.32. The lowest BCUT2D eigenvalue weighted by Crippen LogP contribution is -2.25. The monoisotopic (exact) mass is 642 g/mol. The van der Waals surface area contributed by atoms with Gasteiger partial charge in [0.25, 0.3) is 0 Å². The van der Waals surface area contributed by atoms with Crippen molar-refractivity contribution >= 4 is 27.5 Å². The lowest BCUT2D eigenvalue weighted by molar-refractivity contribution is 0.483. The highest BCUT2D eigenvalue weighted by molar-refractivity contribution is 6.10. The van der Waals surface area contributed by atoms with Crippen LogP contribution in [0.1, 0.15) is 54.3 Å². The van der Waals surface area contributed by atoms with Gasteiger partial charge in [-0.3, -0.25) is 4.99 Å². The van der Waals surface area contributed by atoms with Crippen LogP contribution in [0.5, 0.6) is 0 Å². The second-order valence-electron chi connectivity index (χ2n) is 14.1. The van der Waals surface area contributed by atoms with E-state index in [9.17, 15) is 0 Å². The zero-order valence-electron chi connectivity index (χ0n) is 28.0. The molecule has 0 spiro atoms. The molecule has 2 heterocycles. The van der Waals surface area contributed by atoms with Crippen LogP contribution >= 0.6 is 0 Å². The Morgan fingerprint density at radius 3 is 2.16 bits per heavy atom. The first-order valence-corrected chi connectivity index (χ1v) is 18.1. The Morgan fingerprint density at radius 1 is 0.580 bits per heavy atom. The van der Waals surface area contributed by atoms with Crippen molar-refractivity contribution in [2.45, 2.75) is 37.6 Å². The summed E-state index contributed by atoms with van der Waals surface area (Å²) in [6.45, 7) is 0. The predicted molar refractivity (Wildman–Crippen MR) is 209 cm³/mol. The molecule has 240 valence electrons. The van der Waals surface area contributed by atoms with Crippen molar-refractivity contribution in [1.29, 1.82) is 0 Å². The number of hydrogen-bond donors (Lipinski definition) is 0. The number of hydrogen-bond acceptors (Lipinski definition) is 1. The predicted octanol–water partition coefficient (Wildman–Crippen LogP) is 12.4. The molecule has 2 heteroatoms. The van der Waals surface area contributed by atoms with Crippen molar-refractivity contribution in [1.82, 2.24) is 4.57 Å². The van der Waals surface area contributed by atoms with E-state index in [-0.39, 0.29) is 12.0 Å². The van der Waals surface area contributed by atoms with Gasteiger partial charge in [0.05, 0.1) is 17.1 Å². The molecule has 0 amide bonds. The molecule has 0 radical (unpaired) electrons. The van der Waals surface area contributed by atoms with E-state index >= 15 is 0 Å². The summed E-state index contributed by atoms with van der Waals surface area (Å²) < 4.78 is 2.41. The van der Waals surface area contributed by atoms with Crippen LogP contribution in [0.25, 0.3) is 49.7 Å². The van der Waals surface area contributed by atoms with Gasteiger partial charge in [0.15, 0.2) is 0 Å². The molecule has 0 bridgehead atoms. The second kappa shape index (κ2) is 12.0. The number of para-hydroxylation sites is 2. The SMILES string of the molecule is C1=CC(C2CC(C3c4ccccc4-c4ccc(-c5ccc6c7ccccc7n(-c7ccccc7)c6c5)cc43)=NC(c3ccccc3)C2)=CCC1. The molecule has 3 atom stereocenters. The number of fused-ring (bicyclic) bond motifs is 6. The molecule has 10 rings (SSSR count). The summed E-state index contributed by atoms with van der Waals surface area (Å²) in [6, 6.07) is 53.8. The van der Waals surface area contributed by atoms with Crippen LogP contribution in [0.2, 0.25) is 0 Å². The van der Waals surface area contributed by atoms with Crippen molar-refractivity contribution in [3.8, 4) is 27.9 Å². The van der Waals surface area contributed by atoms with Crippen molar-refractivity contribution in [2.24, 2.45) is 10.9 Å². The number of nitrogens with zero attached hydrogens (tertiary/aromatic N) is 2. The van der Waals surface area contributed by atoms with E-state index in [1.807, 2.05) is 0 Å². The molecule has 0 fully saturated rings. The highest BCUT2D eigenvalue weighted by Gasteiger charge is 2.37. The van der Waals surface area contributed by atoms with Crippen LogP contribution in [0.4, 0.5) is 0 Å². The van der Waals surface area contributed by atoms with Crippen molar-refractivity contribution < 1.29 is 0 Å². The van der Waals surface area contributed by atoms with Gasteiger partial charge < -0.3 is 4.57 Å². The third-order valence-electron chi connectivity index (χ3n) is 11.2. The van der Waals surface area contributed by atoms with Crippen LogP contribution in [-0.2, 0) is 0 Å². The fraction of sp³-hybridized carbons (Fsp3) is 0.146. The third kappa shape index (κ3) is 4.82. The maximum absolute atomic E-state index is 5.65. The van der Waals surface area contributed by atoms with E-state index in [0.29, 0.717) is 5.92 Å². The van der Waals surface area contributed by atoms with E-state index in [1.165, 1.54) is 77.7 Å². The molecule has 2 nitrogen and oxygen atoms in total. The minimum Gasteiger partial charge on any atom is -0.309 e. The molecule has 0 saturated carbocycles. The molecule has 7 aromatic rings. The first-order valence-electron chi connectivity index (χ1n) is 18.1. The van der Waals surface area contributed by atoms with Crippen LogP contribution < -0.4 is 0 Å². The molecule has 3 unspecified atom stereocenters. The van der Waals surface area contributed by atoms with Gasteiger partial charge in [-0.2, -0.15) is 0 Å². The number of allylic oxidation sites excluding steroid dienone is 4. The Kier molecular flexibility index (Phi) is 7.01. The highest BCUT2D eigenvalue weighted by atomic mass is 15.0. The molecule has 0 N–H and O–H groups in total. The Balaban J connectivity index is 1.12. The molecular formula is C48H38N2. The zero-order valence-corrected chi connectivity index (χ0v) is 28.0. The summed E-state index contributed by atoms with van der Waals surface area (Å²) in [5.41, 5.74) is 15.7. The number of rotatable bonds is 5. The van der Waals surface area contributed by atoms with E-state index in [4.69, 9.17) is 4.99 Å². The normalized spacial score (nSPS) is 19.6. The lowest BCUT2D eigenvalue weighted by atomic mass is 9.77. The van der Waals surface area contributed by atoms with Gasteiger partial charge in [-0.25, -0.2) is 0 Å². The smallest absolute Gasteiger partial charge is 0.0754 e. The van der Waals surface area contributed by atoms with E-state index < -0.39 is 0 Å². The molecular weight excluding hydrogens is 605 g/mol. The first-order chi connectivity index (χ1) is 24.8. The summed E-state index contributed by atoms with van der Waals surface area (Å²) in [5.74, 6) is 0.605. The maximum Gasteiger partial charge on any atom is 0.0754 e. The van der Waals surface area contributed by atoms with E-state index in [0.717, 1.165) is 25.7 Å². The highest BCUT2D eigenvalue weighted by Crippen LogP contribution is 2.50. The summed E-state index contributed by atoms with van der Waals surface area (Å²) in [5, 5.41) is 2.56. The largest absolute Gasteiger partial charge is 0.309 e. The van der Waals surface area contributed by atoms with Gasteiger partial charge in [0.1, 0.15) is 0 Å². The van der Waals surface area contributed by atoms with Gasteiger partial charge >= 0.3 is 0 Å². The van der Waals surface area contributed by atoms with Crippen LogP contribution in [0.3, 0.4) is 0 Å². The van der Waals surface area contributed by atoms with Gasteiger partial charge in [0.2, 0.25) is 0 Å². The molecule has 0 saturated heterocycles. The Labute approximate surface area is 293 Å². The Bertz CT molecular complexity index is 2500. The number of aromatic nitrogens is 1. The Morgan fingerprint density at radius 2 is 1.30 bits per heavy atom. The molecule has 50 heavy (non-hydrogen) atoms. The number of aliphatic imine (C=N–C) groups is 1. The van der Waals surface area contributed by atoms with E-state index in [2.05, 4.69) is 168 Å². The fourth-order valence-electron chi connectivity index (χ4n) is 8.93. The molecule has 2 aliphatic carbocycles. The summed E-state index contributed by atoms with van der Waals surface area (Å²) in [4.78, 5) is 5.65. The van der Waals surface area contributed by atoms with Crippen LogP contribution in [0.15, 0.2) is 174 Å². The molecule has 6 aromatic carbocycles. The summed E-state index contributed by atoms with van der Waals surface area (Å²) in [7, 11) is 0. The minimum absolute atomic E-state index is 0.142. The average Bonchev–Trinajstić information content (AvgIpc) is 3.71. The number of benzene rings is 6. The maximum atomic E-state index is 5.65.